The number of nitrogens with one attached hydrogen (secondary N) is 1. The molecule has 4 nitrogen and oxygen atoms in total. The normalized spacial score (nSPS) is 23.5. The van der Waals surface area contributed by atoms with Crippen molar-refractivity contribution in [2.24, 2.45) is 0 Å². The average molecular weight is 338 g/mol. The number of hydrogen-bond acceptors (Lipinski definition) is 3. The molecule has 1 N–H and O–H groups in total. The van der Waals surface area contributed by atoms with Gasteiger partial charge in [-0.05, 0) is 31.5 Å². The molecular formula is C17H21F3N4. The van der Waals surface area contributed by atoms with Crippen LogP contribution < -0.4 is 0 Å². The van der Waals surface area contributed by atoms with Gasteiger partial charge in [0.05, 0.1) is 0 Å². The Morgan fingerprint density at radius 2 is 2.08 bits per heavy atom. The lowest BCUT2D eigenvalue weighted by atomic mass is 9.99. The third-order valence-electron chi connectivity index (χ3n) is 5.26. The number of halogens is 3. The van der Waals surface area contributed by atoms with Gasteiger partial charge in [-0.25, -0.2) is 4.98 Å². The molecule has 2 aliphatic heterocycles. The van der Waals surface area contributed by atoms with Gasteiger partial charge >= 0.3 is 6.18 Å². The summed E-state index contributed by atoms with van der Waals surface area (Å²) in [4.78, 5) is 11.2. The summed E-state index contributed by atoms with van der Waals surface area (Å²) in [6.07, 6.45) is 0.743. The minimum atomic E-state index is -4.39. The van der Waals surface area contributed by atoms with Gasteiger partial charge in [0, 0.05) is 49.4 Å². The molecule has 2 aromatic rings. The molecule has 0 amide bonds. The average Bonchev–Trinajstić information content (AvgIpc) is 2.94. The number of H-pyrrole nitrogens is 1. The Kier molecular flexibility index (Phi) is 4.00. The lowest BCUT2D eigenvalue weighted by Crippen LogP contribution is -2.54. The number of rotatable bonds is 2. The first-order valence-electron chi connectivity index (χ1n) is 8.51. The second kappa shape index (κ2) is 6.04. The largest absolute Gasteiger partial charge is 0.431 e. The zero-order valence-electron chi connectivity index (χ0n) is 13.4. The molecule has 24 heavy (non-hydrogen) atoms. The first-order chi connectivity index (χ1) is 11.5. The molecule has 2 fully saturated rings. The van der Waals surface area contributed by atoms with Gasteiger partial charge in [0.15, 0.2) is 0 Å². The second-order valence-corrected chi connectivity index (χ2v) is 6.80. The van der Waals surface area contributed by atoms with Crippen LogP contribution in [0.5, 0.6) is 0 Å². The van der Waals surface area contributed by atoms with Gasteiger partial charge < -0.3 is 4.98 Å². The van der Waals surface area contributed by atoms with Crippen molar-refractivity contribution < 1.29 is 13.2 Å². The van der Waals surface area contributed by atoms with E-state index >= 15 is 0 Å². The van der Waals surface area contributed by atoms with E-state index in [0.29, 0.717) is 29.2 Å². The van der Waals surface area contributed by atoms with Gasteiger partial charge in [0.2, 0.25) is 0 Å². The Bertz CT molecular complexity index is 724. The smallest absolute Gasteiger partial charge is 0.335 e. The molecule has 2 aliphatic rings. The summed E-state index contributed by atoms with van der Waals surface area (Å²) < 4.78 is 40.3. The van der Waals surface area contributed by atoms with E-state index in [-0.39, 0.29) is 0 Å². The van der Waals surface area contributed by atoms with Gasteiger partial charge in [-0.3, -0.25) is 9.80 Å². The maximum atomic E-state index is 13.4. The molecular weight excluding hydrogens is 317 g/mol. The van der Waals surface area contributed by atoms with E-state index < -0.39 is 11.9 Å². The summed E-state index contributed by atoms with van der Waals surface area (Å²) in [7, 11) is 0. The van der Waals surface area contributed by atoms with Crippen LogP contribution in [0.4, 0.5) is 13.2 Å². The molecule has 4 rings (SSSR count). The molecule has 130 valence electrons. The molecule has 0 bridgehead atoms. The van der Waals surface area contributed by atoms with Gasteiger partial charge in [-0.2, -0.15) is 13.2 Å². The minimum Gasteiger partial charge on any atom is -0.335 e. The van der Waals surface area contributed by atoms with E-state index in [1.807, 2.05) is 0 Å². The van der Waals surface area contributed by atoms with E-state index in [4.69, 9.17) is 0 Å². The Hall–Kier alpha value is -1.60. The summed E-state index contributed by atoms with van der Waals surface area (Å²) in [5.74, 6) is 0. The maximum Gasteiger partial charge on any atom is 0.431 e. The van der Waals surface area contributed by atoms with Crippen molar-refractivity contribution in [3.8, 4) is 0 Å². The van der Waals surface area contributed by atoms with Crippen LogP contribution >= 0.6 is 0 Å². The van der Waals surface area contributed by atoms with Crippen LogP contribution in [-0.4, -0.2) is 52.0 Å². The van der Waals surface area contributed by atoms with Gasteiger partial charge in [-0.15, -0.1) is 0 Å². The highest BCUT2D eigenvalue weighted by Gasteiger charge is 2.38. The molecule has 2 saturated heterocycles. The zero-order valence-corrected chi connectivity index (χ0v) is 13.4. The predicted molar refractivity (Wildman–Crippen MR) is 85.6 cm³/mol. The number of aromatic nitrogens is 2. The summed E-state index contributed by atoms with van der Waals surface area (Å²) in [5.41, 5.74) is -0.00624. The molecule has 0 aliphatic carbocycles. The third kappa shape index (κ3) is 2.91. The number of nitrogens with zero attached hydrogens (tertiary/aromatic N) is 3. The summed E-state index contributed by atoms with van der Waals surface area (Å²) >= 11 is 0. The van der Waals surface area contributed by atoms with Crippen molar-refractivity contribution in [3.63, 3.8) is 0 Å². The van der Waals surface area contributed by atoms with Gasteiger partial charge in [0.25, 0.3) is 0 Å². The molecule has 1 atom stereocenters. The van der Waals surface area contributed by atoms with Crippen molar-refractivity contribution in [3.05, 3.63) is 29.6 Å². The monoisotopic (exact) mass is 338 g/mol. The Labute approximate surface area is 138 Å². The molecule has 4 heterocycles. The molecule has 0 radical (unpaired) electrons. The van der Waals surface area contributed by atoms with Crippen LogP contribution in [0.15, 0.2) is 18.3 Å². The fourth-order valence-corrected chi connectivity index (χ4v) is 4.07. The number of piperidine rings is 1. The number of alkyl halides is 3. The number of pyridine rings is 1. The van der Waals surface area contributed by atoms with E-state index in [1.165, 1.54) is 19.0 Å². The van der Waals surface area contributed by atoms with E-state index in [9.17, 15) is 13.2 Å². The maximum absolute atomic E-state index is 13.4. The highest BCUT2D eigenvalue weighted by molar-refractivity contribution is 5.81. The van der Waals surface area contributed by atoms with Gasteiger partial charge in [0.1, 0.15) is 11.3 Å². The first kappa shape index (κ1) is 15.9. The summed E-state index contributed by atoms with van der Waals surface area (Å²) in [5, 5.41) is 0.580. The second-order valence-electron chi connectivity index (χ2n) is 6.80. The lowest BCUT2D eigenvalue weighted by molar-refractivity contribution is -0.141. The van der Waals surface area contributed by atoms with E-state index in [0.717, 1.165) is 32.6 Å². The van der Waals surface area contributed by atoms with Crippen LogP contribution in [0.25, 0.3) is 11.0 Å². The van der Waals surface area contributed by atoms with Crippen molar-refractivity contribution in [1.82, 2.24) is 19.8 Å². The number of piperazine rings is 1. The van der Waals surface area contributed by atoms with Crippen LogP contribution in [0.2, 0.25) is 0 Å². The van der Waals surface area contributed by atoms with Gasteiger partial charge in [-0.1, -0.05) is 6.42 Å². The molecule has 1 unspecified atom stereocenters. The minimum absolute atomic E-state index is 0.316. The molecule has 0 aromatic carbocycles. The molecule has 7 heteroatoms. The SMILES string of the molecule is FC(F)(F)c1[nH]c2ncccc2c1CN1CCN2CCCCC2C1. The summed E-state index contributed by atoms with van der Waals surface area (Å²) in [6, 6.07) is 3.91. The number of hydrogen-bond donors (Lipinski definition) is 1. The Balaban J connectivity index is 1.62. The van der Waals surface area contributed by atoms with Crippen LogP contribution in [0, 0.1) is 0 Å². The highest BCUT2D eigenvalue weighted by atomic mass is 19.4. The quantitative estimate of drug-likeness (QED) is 0.913. The van der Waals surface area contributed by atoms with Crippen molar-refractivity contribution in [2.45, 2.75) is 38.0 Å². The Morgan fingerprint density at radius 3 is 2.92 bits per heavy atom. The summed E-state index contributed by atoms with van der Waals surface area (Å²) in [6.45, 7) is 4.08. The van der Waals surface area contributed by atoms with Crippen molar-refractivity contribution in [2.75, 3.05) is 26.2 Å². The van der Waals surface area contributed by atoms with Crippen LogP contribution in [0.3, 0.4) is 0 Å². The Morgan fingerprint density at radius 1 is 1.21 bits per heavy atom. The predicted octanol–water partition coefficient (Wildman–Crippen LogP) is 3.25. The van der Waals surface area contributed by atoms with E-state index in [2.05, 4.69) is 19.8 Å². The highest BCUT2D eigenvalue weighted by Crippen LogP contribution is 2.36. The number of fused-ring (bicyclic) bond motifs is 2. The fraction of sp³-hybridized carbons (Fsp3) is 0.588. The molecule has 2 aromatic heterocycles. The fourth-order valence-electron chi connectivity index (χ4n) is 4.07. The molecule has 0 saturated carbocycles. The standard InChI is InChI=1S/C17H21F3N4/c18-17(19,20)15-14(13-5-3-6-21-16(13)22-15)11-23-8-9-24-7-2-1-4-12(24)10-23/h3,5-6,12H,1-2,4,7-11H2,(H,21,22). The van der Waals surface area contributed by atoms with Crippen LogP contribution in [-0.2, 0) is 12.7 Å². The van der Waals surface area contributed by atoms with Crippen molar-refractivity contribution in [1.29, 1.82) is 0 Å². The topological polar surface area (TPSA) is 35.2 Å². The lowest BCUT2D eigenvalue weighted by Gasteiger charge is -2.44. The zero-order chi connectivity index (χ0) is 16.7. The third-order valence-corrected chi connectivity index (χ3v) is 5.26. The molecule has 0 spiro atoms. The van der Waals surface area contributed by atoms with Crippen LogP contribution in [0.1, 0.15) is 30.5 Å². The van der Waals surface area contributed by atoms with E-state index in [1.54, 1.807) is 12.1 Å². The van der Waals surface area contributed by atoms with Crippen molar-refractivity contribution >= 4 is 11.0 Å². The first-order valence-corrected chi connectivity index (χ1v) is 8.51. The number of aromatic amines is 1.